The topological polar surface area (TPSA) is 40.2 Å². The van der Waals surface area contributed by atoms with Crippen LogP contribution in [0.1, 0.15) is 24.0 Å². The lowest BCUT2D eigenvalue weighted by Gasteiger charge is -2.09. The lowest BCUT2D eigenvalue weighted by atomic mass is 9.99. The standard InChI is InChI=1S/C14H20N2O/c1-9-5-11-12(10(2)7-15)8-16(3)14(11)13(6-9)17-4/h5-6,8,10H,7,15H2,1-4H3. The summed E-state index contributed by atoms with van der Waals surface area (Å²) in [6.07, 6.45) is 2.16. The highest BCUT2D eigenvalue weighted by molar-refractivity contribution is 5.90. The van der Waals surface area contributed by atoms with Crippen LogP contribution in [-0.4, -0.2) is 18.2 Å². The van der Waals surface area contributed by atoms with Gasteiger partial charge in [-0.25, -0.2) is 0 Å². The highest BCUT2D eigenvalue weighted by Gasteiger charge is 2.15. The molecule has 1 heterocycles. The first-order valence-electron chi connectivity index (χ1n) is 5.92. The zero-order chi connectivity index (χ0) is 12.6. The van der Waals surface area contributed by atoms with Crippen molar-refractivity contribution in [3.8, 4) is 5.75 Å². The van der Waals surface area contributed by atoms with Crippen LogP contribution in [-0.2, 0) is 7.05 Å². The third kappa shape index (κ3) is 1.91. The fourth-order valence-electron chi connectivity index (χ4n) is 2.35. The van der Waals surface area contributed by atoms with Crippen LogP contribution in [0.5, 0.6) is 5.75 Å². The van der Waals surface area contributed by atoms with Gasteiger partial charge in [0.15, 0.2) is 0 Å². The van der Waals surface area contributed by atoms with Crippen molar-refractivity contribution in [3.63, 3.8) is 0 Å². The van der Waals surface area contributed by atoms with Crippen LogP contribution < -0.4 is 10.5 Å². The first kappa shape index (κ1) is 12.0. The molecule has 17 heavy (non-hydrogen) atoms. The van der Waals surface area contributed by atoms with Crippen molar-refractivity contribution < 1.29 is 4.74 Å². The van der Waals surface area contributed by atoms with E-state index in [1.54, 1.807) is 7.11 Å². The molecule has 2 N–H and O–H groups in total. The van der Waals surface area contributed by atoms with E-state index in [0.29, 0.717) is 12.5 Å². The van der Waals surface area contributed by atoms with Crippen molar-refractivity contribution in [2.75, 3.05) is 13.7 Å². The molecule has 0 aliphatic rings. The van der Waals surface area contributed by atoms with Crippen molar-refractivity contribution >= 4 is 10.9 Å². The van der Waals surface area contributed by atoms with E-state index in [2.05, 4.69) is 36.7 Å². The molecule has 0 radical (unpaired) electrons. The normalized spacial score (nSPS) is 13.0. The molecule has 0 aliphatic carbocycles. The van der Waals surface area contributed by atoms with Crippen molar-refractivity contribution in [3.05, 3.63) is 29.5 Å². The van der Waals surface area contributed by atoms with E-state index in [1.165, 1.54) is 16.5 Å². The molecular formula is C14H20N2O. The van der Waals surface area contributed by atoms with Gasteiger partial charge in [0.1, 0.15) is 5.75 Å². The maximum Gasteiger partial charge on any atom is 0.143 e. The minimum absolute atomic E-state index is 0.366. The molecule has 1 unspecified atom stereocenters. The van der Waals surface area contributed by atoms with Crippen LogP contribution in [0.25, 0.3) is 10.9 Å². The minimum Gasteiger partial charge on any atom is -0.495 e. The zero-order valence-electron chi connectivity index (χ0n) is 10.9. The number of hydrogen-bond acceptors (Lipinski definition) is 2. The van der Waals surface area contributed by atoms with Gasteiger partial charge in [-0.2, -0.15) is 0 Å². The fourth-order valence-corrected chi connectivity index (χ4v) is 2.35. The van der Waals surface area contributed by atoms with E-state index >= 15 is 0 Å². The average molecular weight is 232 g/mol. The van der Waals surface area contributed by atoms with Gasteiger partial charge in [0, 0.05) is 18.6 Å². The molecule has 2 rings (SSSR count). The highest BCUT2D eigenvalue weighted by Crippen LogP contribution is 2.33. The summed E-state index contributed by atoms with van der Waals surface area (Å²) in [4.78, 5) is 0. The van der Waals surface area contributed by atoms with Crippen LogP contribution in [0.3, 0.4) is 0 Å². The Kier molecular flexibility index (Phi) is 3.11. The number of rotatable bonds is 3. The molecule has 0 bridgehead atoms. The maximum absolute atomic E-state index is 5.77. The van der Waals surface area contributed by atoms with Gasteiger partial charge < -0.3 is 15.0 Å². The van der Waals surface area contributed by atoms with E-state index < -0.39 is 0 Å². The van der Waals surface area contributed by atoms with Crippen molar-refractivity contribution in [2.45, 2.75) is 19.8 Å². The number of aromatic nitrogens is 1. The molecule has 0 saturated heterocycles. The monoisotopic (exact) mass is 232 g/mol. The van der Waals surface area contributed by atoms with Crippen LogP contribution in [0, 0.1) is 6.92 Å². The summed E-state index contributed by atoms with van der Waals surface area (Å²) in [7, 11) is 3.76. The smallest absolute Gasteiger partial charge is 0.143 e. The number of benzene rings is 1. The summed E-state index contributed by atoms with van der Waals surface area (Å²) in [5.74, 6) is 1.29. The first-order chi connectivity index (χ1) is 8.08. The summed E-state index contributed by atoms with van der Waals surface area (Å²) in [5, 5.41) is 1.25. The Balaban J connectivity index is 2.77. The van der Waals surface area contributed by atoms with Gasteiger partial charge in [-0.3, -0.25) is 0 Å². The summed E-state index contributed by atoms with van der Waals surface area (Å²) in [5.41, 5.74) is 9.43. The lowest BCUT2D eigenvalue weighted by molar-refractivity contribution is 0.417. The first-order valence-corrected chi connectivity index (χ1v) is 5.92. The summed E-state index contributed by atoms with van der Waals surface area (Å²) < 4.78 is 7.58. The van der Waals surface area contributed by atoms with E-state index in [1.807, 2.05) is 7.05 Å². The maximum atomic E-state index is 5.77. The minimum atomic E-state index is 0.366. The molecule has 0 saturated carbocycles. The predicted octanol–water partition coefficient (Wildman–Crippen LogP) is 2.56. The van der Waals surface area contributed by atoms with Gasteiger partial charge in [-0.1, -0.05) is 6.92 Å². The van der Waals surface area contributed by atoms with E-state index in [-0.39, 0.29) is 0 Å². The van der Waals surface area contributed by atoms with Crippen molar-refractivity contribution in [1.29, 1.82) is 0 Å². The Labute approximate surface area is 102 Å². The van der Waals surface area contributed by atoms with Crippen LogP contribution in [0.15, 0.2) is 18.3 Å². The number of aryl methyl sites for hydroxylation is 2. The van der Waals surface area contributed by atoms with Crippen molar-refractivity contribution in [1.82, 2.24) is 4.57 Å². The second-order valence-electron chi connectivity index (χ2n) is 4.70. The summed E-state index contributed by atoms with van der Waals surface area (Å²) in [6.45, 7) is 4.91. The van der Waals surface area contributed by atoms with Crippen LogP contribution >= 0.6 is 0 Å². The molecule has 1 aromatic heterocycles. The molecule has 1 atom stereocenters. The summed E-state index contributed by atoms with van der Waals surface area (Å²) in [6, 6.07) is 4.28. The summed E-state index contributed by atoms with van der Waals surface area (Å²) >= 11 is 0. The lowest BCUT2D eigenvalue weighted by Crippen LogP contribution is -2.08. The fraction of sp³-hybridized carbons (Fsp3) is 0.429. The van der Waals surface area contributed by atoms with E-state index in [4.69, 9.17) is 10.5 Å². The molecule has 3 nitrogen and oxygen atoms in total. The number of methoxy groups -OCH3 is 1. The van der Waals surface area contributed by atoms with Gasteiger partial charge in [0.25, 0.3) is 0 Å². The Hall–Kier alpha value is -1.48. The molecule has 0 aliphatic heterocycles. The second kappa shape index (κ2) is 4.41. The molecule has 0 amide bonds. The van der Waals surface area contributed by atoms with Gasteiger partial charge in [0.05, 0.1) is 12.6 Å². The number of nitrogens with zero attached hydrogens (tertiary/aromatic N) is 1. The Morgan fingerprint density at radius 3 is 2.71 bits per heavy atom. The molecule has 3 heteroatoms. The molecule has 0 fully saturated rings. The van der Waals surface area contributed by atoms with Crippen molar-refractivity contribution in [2.24, 2.45) is 12.8 Å². The third-order valence-electron chi connectivity index (χ3n) is 3.32. The Morgan fingerprint density at radius 2 is 2.12 bits per heavy atom. The predicted molar refractivity (Wildman–Crippen MR) is 71.7 cm³/mol. The van der Waals surface area contributed by atoms with Gasteiger partial charge in [-0.15, -0.1) is 0 Å². The van der Waals surface area contributed by atoms with E-state index in [9.17, 15) is 0 Å². The Bertz CT molecular complexity index is 543. The Morgan fingerprint density at radius 1 is 1.41 bits per heavy atom. The van der Waals surface area contributed by atoms with Gasteiger partial charge in [0.2, 0.25) is 0 Å². The van der Waals surface area contributed by atoms with Crippen LogP contribution in [0.2, 0.25) is 0 Å². The van der Waals surface area contributed by atoms with Gasteiger partial charge in [-0.05, 0) is 42.6 Å². The second-order valence-corrected chi connectivity index (χ2v) is 4.70. The molecule has 0 spiro atoms. The number of fused-ring (bicyclic) bond motifs is 1. The number of hydrogen-bond donors (Lipinski definition) is 1. The van der Waals surface area contributed by atoms with E-state index in [0.717, 1.165) is 11.3 Å². The third-order valence-corrected chi connectivity index (χ3v) is 3.32. The number of ether oxygens (including phenoxy) is 1. The quantitative estimate of drug-likeness (QED) is 0.883. The molecule has 2 aromatic rings. The molecular weight excluding hydrogens is 212 g/mol. The molecule has 1 aromatic carbocycles. The SMILES string of the molecule is COc1cc(C)cc2c(C(C)CN)cn(C)c12. The van der Waals surface area contributed by atoms with Crippen LogP contribution in [0.4, 0.5) is 0 Å². The van der Waals surface area contributed by atoms with Gasteiger partial charge >= 0.3 is 0 Å². The average Bonchev–Trinajstić information content (AvgIpc) is 2.64. The highest BCUT2D eigenvalue weighted by atomic mass is 16.5. The number of nitrogens with two attached hydrogens (primary N) is 1. The zero-order valence-corrected chi connectivity index (χ0v) is 10.9. The molecule has 92 valence electrons. The largest absolute Gasteiger partial charge is 0.495 e.